The summed E-state index contributed by atoms with van der Waals surface area (Å²) in [6.45, 7) is 7.26. The second-order valence-corrected chi connectivity index (χ2v) is 5.26. The Hall–Kier alpha value is -2.11. The lowest BCUT2D eigenvalue weighted by Crippen LogP contribution is -2.18. The Balaban J connectivity index is 1.99. The Labute approximate surface area is 121 Å². The van der Waals surface area contributed by atoms with Crippen LogP contribution in [-0.4, -0.2) is 0 Å². The van der Waals surface area contributed by atoms with Crippen molar-refractivity contribution in [1.29, 1.82) is 5.26 Å². The molecule has 0 saturated carbocycles. The topological polar surface area (TPSA) is 35.8 Å². The monoisotopic (exact) mass is 264 g/mol. The van der Waals surface area contributed by atoms with E-state index in [1.165, 1.54) is 22.3 Å². The van der Waals surface area contributed by atoms with Gasteiger partial charge >= 0.3 is 0 Å². The zero-order valence-electron chi connectivity index (χ0n) is 12.3. The van der Waals surface area contributed by atoms with Gasteiger partial charge in [0.15, 0.2) is 0 Å². The van der Waals surface area contributed by atoms with Crippen LogP contribution in [0, 0.1) is 25.2 Å². The van der Waals surface area contributed by atoms with Crippen LogP contribution in [0.4, 0.5) is 0 Å². The van der Waals surface area contributed by atoms with Crippen molar-refractivity contribution in [3.8, 4) is 6.07 Å². The normalized spacial score (nSPS) is 11.9. The highest BCUT2D eigenvalue weighted by Crippen LogP contribution is 2.17. The van der Waals surface area contributed by atoms with Crippen molar-refractivity contribution >= 4 is 0 Å². The van der Waals surface area contributed by atoms with Gasteiger partial charge in [-0.3, -0.25) is 0 Å². The fraction of sp³-hybridized carbons (Fsp3) is 0.278. The number of hydrogen-bond donors (Lipinski definition) is 1. The van der Waals surface area contributed by atoms with Crippen LogP contribution >= 0.6 is 0 Å². The minimum atomic E-state index is 0.310. The van der Waals surface area contributed by atoms with Gasteiger partial charge in [-0.2, -0.15) is 5.26 Å². The van der Waals surface area contributed by atoms with Gasteiger partial charge in [0, 0.05) is 12.6 Å². The van der Waals surface area contributed by atoms with Crippen LogP contribution in [0.5, 0.6) is 0 Å². The summed E-state index contributed by atoms with van der Waals surface area (Å²) in [5.41, 5.74) is 5.86. The van der Waals surface area contributed by atoms with E-state index in [1.54, 1.807) is 0 Å². The van der Waals surface area contributed by atoms with Crippen LogP contribution < -0.4 is 5.32 Å². The fourth-order valence-corrected chi connectivity index (χ4v) is 2.12. The third-order valence-electron chi connectivity index (χ3n) is 3.73. The Kier molecular flexibility index (Phi) is 4.55. The van der Waals surface area contributed by atoms with Crippen molar-refractivity contribution in [3.05, 3.63) is 70.3 Å². The first-order chi connectivity index (χ1) is 9.60. The highest BCUT2D eigenvalue weighted by atomic mass is 14.9. The van der Waals surface area contributed by atoms with Crippen molar-refractivity contribution in [2.45, 2.75) is 33.4 Å². The lowest BCUT2D eigenvalue weighted by Gasteiger charge is -2.15. The molecule has 0 aliphatic heterocycles. The second kappa shape index (κ2) is 6.36. The fourth-order valence-electron chi connectivity index (χ4n) is 2.12. The van der Waals surface area contributed by atoms with Crippen molar-refractivity contribution in [2.24, 2.45) is 0 Å². The lowest BCUT2D eigenvalue weighted by molar-refractivity contribution is 0.574. The third kappa shape index (κ3) is 3.46. The van der Waals surface area contributed by atoms with E-state index in [9.17, 15) is 0 Å². The van der Waals surface area contributed by atoms with Crippen LogP contribution in [0.25, 0.3) is 0 Å². The molecule has 1 N–H and O–H groups in total. The summed E-state index contributed by atoms with van der Waals surface area (Å²) in [6, 6.07) is 16.8. The maximum atomic E-state index is 8.78. The first kappa shape index (κ1) is 14.3. The molecule has 2 heteroatoms. The number of hydrogen-bond acceptors (Lipinski definition) is 2. The molecule has 2 rings (SSSR count). The summed E-state index contributed by atoms with van der Waals surface area (Å²) in [5.74, 6) is 0. The molecule has 0 aromatic heterocycles. The molecule has 2 aromatic carbocycles. The maximum Gasteiger partial charge on any atom is 0.0991 e. The zero-order valence-corrected chi connectivity index (χ0v) is 12.3. The van der Waals surface area contributed by atoms with Crippen molar-refractivity contribution < 1.29 is 0 Å². The molecule has 102 valence electrons. The van der Waals surface area contributed by atoms with Gasteiger partial charge in [-0.1, -0.05) is 30.3 Å². The number of aryl methyl sites for hydroxylation is 2. The maximum absolute atomic E-state index is 8.78. The van der Waals surface area contributed by atoms with Gasteiger partial charge in [0.05, 0.1) is 11.6 Å². The van der Waals surface area contributed by atoms with E-state index in [0.717, 1.165) is 6.54 Å². The molecule has 0 fully saturated rings. The average molecular weight is 264 g/mol. The quantitative estimate of drug-likeness (QED) is 0.905. The summed E-state index contributed by atoms with van der Waals surface area (Å²) >= 11 is 0. The summed E-state index contributed by atoms with van der Waals surface area (Å²) in [6.07, 6.45) is 0. The zero-order chi connectivity index (χ0) is 14.5. The molecule has 2 aromatic rings. The lowest BCUT2D eigenvalue weighted by atomic mass is 10.0. The van der Waals surface area contributed by atoms with Crippen molar-refractivity contribution in [2.75, 3.05) is 0 Å². The Bertz CT molecular complexity index is 621. The number of nitriles is 1. The minimum absolute atomic E-state index is 0.310. The predicted octanol–water partition coefficient (Wildman–Crippen LogP) is 4.03. The van der Waals surface area contributed by atoms with Gasteiger partial charge < -0.3 is 5.32 Å². The molecule has 0 heterocycles. The van der Waals surface area contributed by atoms with Gasteiger partial charge in [-0.25, -0.2) is 0 Å². The standard InChI is InChI=1S/C18H20N2/c1-13-4-9-18(10-14(13)2)15(3)20-12-17-7-5-16(11-19)6-8-17/h4-10,15,20H,12H2,1-3H3. The molecule has 0 radical (unpaired) electrons. The summed E-state index contributed by atoms with van der Waals surface area (Å²) < 4.78 is 0. The minimum Gasteiger partial charge on any atom is -0.306 e. The first-order valence-corrected chi connectivity index (χ1v) is 6.89. The molecule has 2 nitrogen and oxygen atoms in total. The molecule has 20 heavy (non-hydrogen) atoms. The summed E-state index contributed by atoms with van der Waals surface area (Å²) in [7, 11) is 0. The van der Waals surface area contributed by atoms with Crippen molar-refractivity contribution in [1.82, 2.24) is 5.32 Å². The van der Waals surface area contributed by atoms with Gasteiger partial charge in [0.25, 0.3) is 0 Å². The molecule has 0 bridgehead atoms. The smallest absolute Gasteiger partial charge is 0.0991 e. The highest BCUT2D eigenvalue weighted by Gasteiger charge is 2.06. The van der Waals surface area contributed by atoms with E-state index in [4.69, 9.17) is 5.26 Å². The van der Waals surface area contributed by atoms with Gasteiger partial charge in [0.1, 0.15) is 0 Å². The number of rotatable bonds is 4. The predicted molar refractivity (Wildman–Crippen MR) is 82.3 cm³/mol. The van der Waals surface area contributed by atoms with Crippen LogP contribution in [0.15, 0.2) is 42.5 Å². The van der Waals surface area contributed by atoms with Gasteiger partial charge in [-0.05, 0) is 55.2 Å². The molecular formula is C18H20N2. The first-order valence-electron chi connectivity index (χ1n) is 6.89. The molecule has 0 spiro atoms. The van der Waals surface area contributed by atoms with E-state index < -0.39 is 0 Å². The van der Waals surface area contributed by atoms with E-state index in [1.807, 2.05) is 24.3 Å². The van der Waals surface area contributed by atoms with Crippen LogP contribution in [0.3, 0.4) is 0 Å². The largest absolute Gasteiger partial charge is 0.306 e. The number of nitrogens with zero attached hydrogens (tertiary/aromatic N) is 1. The number of nitrogens with one attached hydrogen (secondary N) is 1. The summed E-state index contributed by atoms with van der Waals surface area (Å²) in [5, 5.41) is 12.3. The van der Waals surface area contributed by atoms with E-state index >= 15 is 0 Å². The van der Waals surface area contributed by atoms with E-state index in [2.05, 4.69) is 50.4 Å². The second-order valence-electron chi connectivity index (χ2n) is 5.26. The van der Waals surface area contributed by atoms with E-state index in [-0.39, 0.29) is 0 Å². The van der Waals surface area contributed by atoms with Crippen LogP contribution in [-0.2, 0) is 6.54 Å². The molecule has 1 atom stereocenters. The van der Waals surface area contributed by atoms with Gasteiger partial charge in [-0.15, -0.1) is 0 Å². The molecular weight excluding hydrogens is 244 g/mol. The van der Waals surface area contributed by atoms with E-state index in [0.29, 0.717) is 11.6 Å². The Morgan fingerprint density at radius 3 is 2.35 bits per heavy atom. The Morgan fingerprint density at radius 1 is 1.05 bits per heavy atom. The highest BCUT2D eigenvalue weighted by molar-refractivity contribution is 5.33. The molecule has 0 saturated heterocycles. The third-order valence-corrected chi connectivity index (χ3v) is 3.73. The molecule has 0 aliphatic rings. The van der Waals surface area contributed by atoms with Crippen LogP contribution in [0.1, 0.15) is 40.8 Å². The van der Waals surface area contributed by atoms with Crippen LogP contribution in [0.2, 0.25) is 0 Å². The SMILES string of the molecule is Cc1ccc(C(C)NCc2ccc(C#N)cc2)cc1C. The molecule has 0 aliphatic carbocycles. The molecule has 1 unspecified atom stereocenters. The number of benzene rings is 2. The average Bonchev–Trinajstić information content (AvgIpc) is 2.48. The molecule has 0 amide bonds. The summed E-state index contributed by atoms with van der Waals surface area (Å²) in [4.78, 5) is 0. The Morgan fingerprint density at radius 2 is 1.75 bits per heavy atom. The van der Waals surface area contributed by atoms with Gasteiger partial charge in [0.2, 0.25) is 0 Å². The van der Waals surface area contributed by atoms with Crippen molar-refractivity contribution in [3.63, 3.8) is 0 Å².